The summed E-state index contributed by atoms with van der Waals surface area (Å²) >= 11 is 1.22. The van der Waals surface area contributed by atoms with E-state index >= 15 is 0 Å². The van der Waals surface area contributed by atoms with Crippen molar-refractivity contribution >= 4 is 17.2 Å². The van der Waals surface area contributed by atoms with Crippen molar-refractivity contribution in [1.82, 2.24) is 30.2 Å². The minimum absolute atomic E-state index is 0. The summed E-state index contributed by atoms with van der Waals surface area (Å²) in [6.07, 6.45) is 6.39. The van der Waals surface area contributed by atoms with Crippen LogP contribution in [0, 0.1) is 6.92 Å². The van der Waals surface area contributed by atoms with Crippen molar-refractivity contribution in [2.75, 3.05) is 20.3 Å². The number of hydrogen-bond acceptors (Lipinski definition) is 9. The second-order valence-corrected chi connectivity index (χ2v) is 6.77. The number of carbonyl (C=O) groups excluding carboxylic acids is 1. The van der Waals surface area contributed by atoms with Gasteiger partial charge < -0.3 is 14.8 Å². The normalized spacial score (nSPS) is 11.8. The molecule has 150 valence electrons. The number of thiazole rings is 1. The fourth-order valence-corrected chi connectivity index (χ4v) is 3.16. The number of aromatic nitrogens is 5. The molecule has 3 aromatic rings. The first-order chi connectivity index (χ1) is 13.6. The van der Waals surface area contributed by atoms with Gasteiger partial charge in [0.05, 0.1) is 30.5 Å². The van der Waals surface area contributed by atoms with Gasteiger partial charge in [0, 0.05) is 28.1 Å². The molecule has 0 saturated carbocycles. The molecule has 0 fully saturated rings. The van der Waals surface area contributed by atoms with Crippen LogP contribution in [0.4, 0.5) is 0 Å². The summed E-state index contributed by atoms with van der Waals surface area (Å²) < 4.78 is 10.6. The molecule has 0 aromatic carbocycles. The lowest BCUT2D eigenvalue weighted by atomic mass is 10.2. The Morgan fingerprint density at radius 2 is 2.14 bits per heavy atom. The lowest BCUT2D eigenvalue weighted by molar-refractivity contribution is 0.0891. The highest BCUT2D eigenvalue weighted by atomic mass is 32.1. The minimum Gasteiger partial charge on any atom is -0.477 e. The first-order valence-electron chi connectivity index (χ1n) is 8.61. The van der Waals surface area contributed by atoms with E-state index in [1.54, 1.807) is 38.0 Å². The smallest absolute Gasteiger partial charge is 0.280 e. The molecule has 3 aromatic heterocycles. The molecule has 28 heavy (non-hydrogen) atoms. The number of aryl methyl sites for hydroxylation is 1. The fourth-order valence-electron chi connectivity index (χ4n) is 2.39. The van der Waals surface area contributed by atoms with Crippen LogP contribution in [0.3, 0.4) is 0 Å². The van der Waals surface area contributed by atoms with Crippen LogP contribution in [0.1, 0.15) is 37.1 Å². The van der Waals surface area contributed by atoms with Crippen LogP contribution in [0.5, 0.6) is 5.88 Å². The molecule has 0 aliphatic rings. The summed E-state index contributed by atoms with van der Waals surface area (Å²) in [5, 5.41) is 3.17. The van der Waals surface area contributed by atoms with Crippen molar-refractivity contribution < 1.29 is 17.1 Å². The number of ether oxygens (including phenoxy) is 2. The molecule has 0 aliphatic heterocycles. The van der Waals surface area contributed by atoms with E-state index in [9.17, 15) is 4.79 Å². The Hall–Kier alpha value is -2.98. The third kappa shape index (κ3) is 4.84. The standard InChI is InChI=1S/C18H20N6O3S.2H2/c1-4-27-15-9-19-7-12(23-15)14-8-21-18(28-14)17(25)24-13(10-26-3)16-20-6-5-11(2)22-16;;/h5-9,13H,4,10H2,1-3H3,(H,24,25);2*1H/t13-;;/m1../s1. The van der Waals surface area contributed by atoms with E-state index in [0.717, 1.165) is 5.69 Å². The van der Waals surface area contributed by atoms with Crippen molar-refractivity contribution in [1.29, 1.82) is 0 Å². The van der Waals surface area contributed by atoms with Crippen molar-refractivity contribution in [3.8, 4) is 16.5 Å². The third-order valence-corrected chi connectivity index (χ3v) is 4.64. The van der Waals surface area contributed by atoms with Gasteiger partial charge in [0.15, 0.2) is 10.8 Å². The van der Waals surface area contributed by atoms with Crippen LogP contribution in [-0.4, -0.2) is 51.2 Å². The zero-order valence-electron chi connectivity index (χ0n) is 15.7. The highest BCUT2D eigenvalue weighted by molar-refractivity contribution is 7.16. The molecule has 3 heterocycles. The Morgan fingerprint density at radius 3 is 2.89 bits per heavy atom. The van der Waals surface area contributed by atoms with E-state index < -0.39 is 6.04 Å². The fraction of sp³-hybridized carbons (Fsp3) is 0.333. The molecule has 1 atom stereocenters. The molecule has 1 amide bonds. The van der Waals surface area contributed by atoms with Crippen LogP contribution < -0.4 is 10.1 Å². The molecule has 0 saturated heterocycles. The molecule has 0 bridgehead atoms. The van der Waals surface area contributed by atoms with E-state index in [2.05, 4.69) is 30.2 Å². The molecule has 0 aliphatic carbocycles. The van der Waals surface area contributed by atoms with Gasteiger partial charge in [0.25, 0.3) is 5.91 Å². The maximum absolute atomic E-state index is 12.7. The SMILES string of the molecule is CCOc1cncc(-c2cnc(C(=O)N[C@H](COC)c3nccc(C)n3)s2)n1.[HH].[HH]. The topological polar surface area (TPSA) is 112 Å². The van der Waals surface area contributed by atoms with Crippen molar-refractivity contribution in [3.63, 3.8) is 0 Å². The molecule has 0 radical (unpaired) electrons. The Morgan fingerprint density at radius 1 is 1.29 bits per heavy atom. The summed E-state index contributed by atoms with van der Waals surface area (Å²) in [6.45, 7) is 4.48. The Bertz CT molecular complexity index is 959. The average molecular weight is 404 g/mol. The van der Waals surface area contributed by atoms with Crippen molar-refractivity contribution in [2.24, 2.45) is 0 Å². The molecular formula is C18H24N6O3S. The first kappa shape index (κ1) is 19.8. The average Bonchev–Trinajstić information content (AvgIpc) is 3.18. The lowest BCUT2D eigenvalue weighted by Crippen LogP contribution is -2.32. The van der Waals surface area contributed by atoms with E-state index in [1.165, 1.54) is 11.3 Å². The number of methoxy groups -OCH3 is 1. The zero-order chi connectivity index (χ0) is 19.9. The van der Waals surface area contributed by atoms with E-state index in [4.69, 9.17) is 9.47 Å². The quantitative estimate of drug-likeness (QED) is 0.610. The molecule has 10 heteroatoms. The second-order valence-electron chi connectivity index (χ2n) is 5.74. The number of amides is 1. The summed E-state index contributed by atoms with van der Waals surface area (Å²) in [6, 6.07) is 1.31. The van der Waals surface area contributed by atoms with Crippen LogP contribution in [0.25, 0.3) is 10.6 Å². The lowest BCUT2D eigenvalue weighted by Gasteiger charge is -2.16. The molecule has 3 rings (SSSR count). The van der Waals surface area contributed by atoms with E-state index in [1.807, 2.05) is 13.8 Å². The molecule has 0 spiro atoms. The summed E-state index contributed by atoms with van der Waals surface area (Å²) in [5.41, 5.74) is 1.41. The van der Waals surface area contributed by atoms with Crippen LogP contribution in [-0.2, 0) is 4.74 Å². The van der Waals surface area contributed by atoms with Gasteiger partial charge in [0.2, 0.25) is 5.88 Å². The summed E-state index contributed by atoms with van der Waals surface area (Å²) in [5.74, 6) is 0.579. The third-order valence-electron chi connectivity index (χ3n) is 3.62. The molecule has 0 unspecified atom stereocenters. The van der Waals surface area contributed by atoms with Gasteiger partial charge in [-0.1, -0.05) is 0 Å². The van der Waals surface area contributed by atoms with Gasteiger partial charge in [-0.2, -0.15) is 0 Å². The zero-order valence-corrected chi connectivity index (χ0v) is 16.6. The highest BCUT2D eigenvalue weighted by Crippen LogP contribution is 2.25. The van der Waals surface area contributed by atoms with Gasteiger partial charge in [-0.05, 0) is 19.9 Å². The molecule has 1 N–H and O–H groups in total. The van der Waals surface area contributed by atoms with Gasteiger partial charge in [-0.25, -0.2) is 19.9 Å². The number of carbonyl (C=O) groups is 1. The minimum atomic E-state index is -0.481. The number of hydrogen-bond donors (Lipinski definition) is 1. The number of nitrogens with one attached hydrogen (secondary N) is 1. The maximum Gasteiger partial charge on any atom is 0.280 e. The van der Waals surface area contributed by atoms with Crippen LogP contribution >= 0.6 is 11.3 Å². The van der Waals surface area contributed by atoms with Crippen molar-refractivity contribution in [2.45, 2.75) is 19.9 Å². The van der Waals surface area contributed by atoms with Crippen molar-refractivity contribution in [3.05, 3.63) is 47.4 Å². The first-order valence-corrected chi connectivity index (χ1v) is 9.42. The molecule has 9 nitrogen and oxygen atoms in total. The van der Waals surface area contributed by atoms with E-state index in [-0.39, 0.29) is 15.4 Å². The number of nitrogens with zero attached hydrogens (tertiary/aromatic N) is 5. The van der Waals surface area contributed by atoms with Crippen LogP contribution in [0.15, 0.2) is 30.9 Å². The number of rotatable bonds is 8. The predicted molar refractivity (Wildman–Crippen MR) is 107 cm³/mol. The Labute approximate surface area is 169 Å². The van der Waals surface area contributed by atoms with Gasteiger partial charge >= 0.3 is 0 Å². The van der Waals surface area contributed by atoms with Gasteiger partial charge in [-0.3, -0.25) is 9.78 Å². The van der Waals surface area contributed by atoms with Gasteiger partial charge in [-0.15, -0.1) is 11.3 Å². The Balaban J connectivity index is 0.00000225. The summed E-state index contributed by atoms with van der Waals surface area (Å²) in [4.78, 5) is 34.7. The van der Waals surface area contributed by atoms with E-state index in [0.29, 0.717) is 33.9 Å². The predicted octanol–water partition coefficient (Wildman–Crippen LogP) is 2.71. The molecular weight excluding hydrogens is 380 g/mol. The van der Waals surface area contributed by atoms with Gasteiger partial charge in [0.1, 0.15) is 11.7 Å². The Kier molecular flexibility index (Phi) is 6.56. The monoisotopic (exact) mass is 404 g/mol. The highest BCUT2D eigenvalue weighted by Gasteiger charge is 2.21. The summed E-state index contributed by atoms with van der Waals surface area (Å²) in [7, 11) is 1.56. The maximum atomic E-state index is 12.7. The van der Waals surface area contributed by atoms with Crippen LogP contribution in [0.2, 0.25) is 0 Å². The second kappa shape index (κ2) is 9.29. The largest absolute Gasteiger partial charge is 0.477 e.